The van der Waals surface area contributed by atoms with Gasteiger partial charge in [0, 0.05) is 13.1 Å². The lowest BCUT2D eigenvalue weighted by atomic mass is 9.49. The van der Waals surface area contributed by atoms with Crippen molar-refractivity contribution in [2.24, 2.45) is 28.9 Å². The Kier molecular flexibility index (Phi) is 9.22. The Labute approximate surface area is 184 Å². The molecule has 0 spiro atoms. The lowest BCUT2D eigenvalue weighted by molar-refractivity contribution is -0.0618. The molecule has 6 heteroatoms. The third-order valence-corrected chi connectivity index (χ3v) is 7.88. The summed E-state index contributed by atoms with van der Waals surface area (Å²) in [6, 6.07) is 0. The molecule has 0 radical (unpaired) electrons. The van der Waals surface area contributed by atoms with Gasteiger partial charge in [-0.05, 0) is 107 Å². The molecule has 0 aromatic heterocycles. The molecule has 28 heavy (non-hydrogen) atoms. The second kappa shape index (κ2) is 10.7. The summed E-state index contributed by atoms with van der Waals surface area (Å²) in [6.07, 6.45) is 16.7. The summed E-state index contributed by atoms with van der Waals surface area (Å²) in [4.78, 5) is 4.85. The number of rotatable bonds is 9. The van der Waals surface area contributed by atoms with Gasteiger partial charge in [0.25, 0.3) is 0 Å². The van der Waals surface area contributed by atoms with E-state index in [-0.39, 0.29) is 24.8 Å². The fourth-order valence-corrected chi connectivity index (χ4v) is 7.17. The third kappa shape index (κ3) is 5.92. The molecule has 5 rings (SSSR count). The molecule has 3 N–H and O–H groups in total. The maximum Gasteiger partial charge on any atom is 0.188 e. The molecule has 1 saturated heterocycles. The van der Waals surface area contributed by atoms with Gasteiger partial charge in [-0.3, -0.25) is 5.41 Å². The molecule has 4 saturated carbocycles. The molecule has 4 nitrogen and oxygen atoms in total. The van der Waals surface area contributed by atoms with E-state index >= 15 is 0 Å². The second-order valence-electron chi connectivity index (χ2n) is 10.2. The Hall–Kier alpha value is -0.190. The molecule has 0 unspecified atom stereocenters. The van der Waals surface area contributed by atoms with E-state index in [0.29, 0.717) is 11.4 Å². The van der Waals surface area contributed by atoms with Gasteiger partial charge in [-0.2, -0.15) is 0 Å². The Morgan fingerprint density at radius 2 is 1.43 bits per heavy atom. The smallest absolute Gasteiger partial charge is 0.188 e. The van der Waals surface area contributed by atoms with Crippen molar-refractivity contribution in [2.45, 2.75) is 77.0 Å². The maximum absolute atomic E-state index is 8.09. The molecular formula is C22H42Cl2N4. The molecule has 1 heterocycles. The normalized spacial score (nSPS) is 33.4. The maximum atomic E-state index is 8.09. The Morgan fingerprint density at radius 3 is 1.96 bits per heavy atom. The Bertz CT molecular complexity index is 458. The van der Waals surface area contributed by atoms with Gasteiger partial charge in [-0.15, -0.1) is 24.8 Å². The number of nitrogens with two attached hydrogens (primary N) is 1. The first kappa shape index (κ1) is 24.1. The average molecular weight is 434 g/mol. The van der Waals surface area contributed by atoms with E-state index in [2.05, 4.69) is 9.80 Å². The van der Waals surface area contributed by atoms with Crippen LogP contribution >= 0.6 is 24.8 Å². The van der Waals surface area contributed by atoms with Crippen LogP contribution in [0, 0.1) is 28.6 Å². The number of likely N-dealkylation sites (tertiary alicyclic amines) is 1. The molecule has 0 atom stereocenters. The first-order valence-corrected chi connectivity index (χ1v) is 11.4. The summed E-state index contributed by atoms with van der Waals surface area (Å²) >= 11 is 0. The Balaban J connectivity index is 0.00000140. The molecule has 4 bridgehead atoms. The summed E-state index contributed by atoms with van der Waals surface area (Å²) in [5.74, 6) is 3.28. The number of hydrogen-bond donors (Lipinski definition) is 2. The highest BCUT2D eigenvalue weighted by Gasteiger charge is 2.51. The monoisotopic (exact) mass is 432 g/mol. The highest BCUT2D eigenvalue weighted by Crippen LogP contribution is 2.60. The summed E-state index contributed by atoms with van der Waals surface area (Å²) < 4.78 is 0. The van der Waals surface area contributed by atoms with Crippen molar-refractivity contribution in [3.05, 3.63) is 0 Å². The van der Waals surface area contributed by atoms with E-state index in [4.69, 9.17) is 11.1 Å². The zero-order valence-corrected chi connectivity index (χ0v) is 19.2. The summed E-state index contributed by atoms with van der Waals surface area (Å²) in [5, 5.41) is 8.09. The highest BCUT2D eigenvalue weighted by molar-refractivity contribution is 5.85. The molecular weight excluding hydrogens is 391 g/mol. The van der Waals surface area contributed by atoms with Gasteiger partial charge >= 0.3 is 0 Å². The minimum Gasteiger partial charge on any atom is -0.370 e. The zero-order chi connectivity index (χ0) is 18.0. The molecule has 1 aliphatic heterocycles. The predicted octanol–water partition coefficient (Wildman–Crippen LogP) is 4.90. The van der Waals surface area contributed by atoms with E-state index in [1.54, 1.807) is 0 Å². The van der Waals surface area contributed by atoms with Crippen LogP contribution in [-0.2, 0) is 0 Å². The minimum atomic E-state index is 0. The summed E-state index contributed by atoms with van der Waals surface area (Å²) in [6.45, 7) is 6.01. The van der Waals surface area contributed by atoms with Gasteiger partial charge in [0.05, 0.1) is 0 Å². The molecule has 5 aliphatic rings. The SMILES string of the molecule is Cl.Cl.N=C(N)N(CCCCCCN1CCCC1)CC12CC3CC(CC(C3)C1)C2. The van der Waals surface area contributed by atoms with Crippen molar-refractivity contribution in [3.63, 3.8) is 0 Å². The molecule has 164 valence electrons. The van der Waals surface area contributed by atoms with Crippen LogP contribution in [0.5, 0.6) is 0 Å². The van der Waals surface area contributed by atoms with Crippen molar-refractivity contribution < 1.29 is 0 Å². The van der Waals surface area contributed by atoms with Crippen LogP contribution in [0.3, 0.4) is 0 Å². The first-order chi connectivity index (χ1) is 12.6. The lowest BCUT2D eigenvalue weighted by Gasteiger charge is -2.58. The van der Waals surface area contributed by atoms with E-state index in [9.17, 15) is 0 Å². The second-order valence-corrected chi connectivity index (χ2v) is 10.2. The molecule has 5 fully saturated rings. The van der Waals surface area contributed by atoms with Crippen molar-refractivity contribution in [1.29, 1.82) is 5.41 Å². The van der Waals surface area contributed by atoms with Gasteiger partial charge in [0.1, 0.15) is 0 Å². The van der Waals surface area contributed by atoms with E-state index in [0.717, 1.165) is 30.8 Å². The van der Waals surface area contributed by atoms with Crippen LogP contribution in [0.2, 0.25) is 0 Å². The standard InChI is InChI=1S/C22H40N4.2ClH/c23-21(24)26(10-4-2-1-3-7-25-8-5-6-9-25)17-22-14-18-11-19(15-22)13-20(12-18)16-22;;/h18-20H,1-17H2,(H3,23,24);2*1H. The van der Waals surface area contributed by atoms with Crippen LogP contribution in [-0.4, -0.2) is 48.5 Å². The van der Waals surface area contributed by atoms with Crippen molar-refractivity contribution in [3.8, 4) is 0 Å². The highest BCUT2D eigenvalue weighted by atomic mass is 35.5. The van der Waals surface area contributed by atoms with Gasteiger partial charge in [-0.1, -0.05) is 12.8 Å². The van der Waals surface area contributed by atoms with Gasteiger partial charge in [0.2, 0.25) is 0 Å². The van der Waals surface area contributed by atoms with Crippen molar-refractivity contribution in [2.75, 3.05) is 32.7 Å². The number of halogens is 2. The number of nitrogens with one attached hydrogen (secondary N) is 1. The number of guanidine groups is 1. The van der Waals surface area contributed by atoms with Crippen molar-refractivity contribution >= 4 is 30.8 Å². The molecule has 0 aromatic rings. The van der Waals surface area contributed by atoms with Crippen LogP contribution in [0.15, 0.2) is 0 Å². The first-order valence-electron chi connectivity index (χ1n) is 11.4. The lowest BCUT2D eigenvalue weighted by Crippen LogP contribution is -2.53. The number of unbranched alkanes of at least 4 members (excludes halogenated alkanes) is 3. The quantitative estimate of drug-likeness (QED) is 0.309. The molecule has 4 aliphatic carbocycles. The van der Waals surface area contributed by atoms with Gasteiger partial charge in [0.15, 0.2) is 5.96 Å². The van der Waals surface area contributed by atoms with E-state index < -0.39 is 0 Å². The van der Waals surface area contributed by atoms with Crippen LogP contribution in [0.4, 0.5) is 0 Å². The Morgan fingerprint density at radius 1 is 0.893 bits per heavy atom. The van der Waals surface area contributed by atoms with Crippen LogP contribution < -0.4 is 5.73 Å². The van der Waals surface area contributed by atoms with Crippen LogP contribution in [0.1, 0.15) is 77.0 Å². The average Bonchev–Trinajstić information content (AvgIpc) is 3.08. The molecule has 0 amide bonds. The summed E-state index contributed by atoms with van der Waals surface area (Å²) in [7, 11) is 0. The zero-order valence-electron chi connectivity index (χ0n) is 17.5. The van der Waals surface area contributed by atoms with Gasteiger partial charge in [-0.25, -0.2) is 0 Å². The molecule has 0 aromatic carbocycles. The van der Waals surface area contributed by atoms with E-state index in [1.807, 2.05) is 0 Å². The fourth-order valence-electron chi connectivity index (χ4n) is 7.17. The van der Waals surface area contributed by atoms with Crippen LogP contribution in [0.25, 0.3) is 0 Å². The minimum absolute atomic E-state index is 0. The van der Waals surface area contributed by atoms with E-state index in [1.165, 1.54) is 96.7 Å². The number of hydrogen-bond acceptors (Lipinski definition) is 2. The summed E-state index contributed by atoms with van der Waals surface area (Å²) in [5.41, 5.74) is 6.49. The number of nitrogens with zero attached hydrogens (tertiary/aromatic N) is 2. The fraction of sp³-hybridized carbons (Fsp3) is 0.955. The topological polar surface area (TPSA) is 56.4 Å². The van der Waals surface area contributed by atoms with Crippen molar-refractivity contribution in [1.82, 2.24) is 9.80 Å². The predicted molar refractivity (Wildman–Crippen MR) is 123 cm³/mol. The van der Waals surface area contributed by atoms with Gasteiger partial charge < -0.3 is 15.5 Å². The largest absolute Gasteiger partial charge is 0.370 e. The third-order valence-electron chi connectivity index (χ3n) is 7.88.